The van der Waals surface area contributed by atoms with Crippen LogP contribution in [0.1, 0.15) is 24.0 Å². The van der Waals surface area contributed by atoms with E-state index in [4.69, 9.17) is 34.0 Å². The second kappa shape index (κ2) is 14.8. The number of halogens is 6. The van der Waals surface area contributed by atoms with E-state index < -0.39 is 24.3 Å². The molecule has 222 valence electrons. The van der Waals surface area contributed by atoms with Crippen molar-refractivity contribution in [3.05, 3.63) is 59.9 Å². The number of methoxy groups -OCH3 is 1. The average Bonchev–Trinajstić information content (AvgIpc) is 3.25. The van der Waals surface area contributed by atoms with Crippen LogP contribution < -0.4 is 4.74 Å². The molecule has 2 aromatic rings. The van der Waals surface area contributed by atoms with Crippen LogP contribution in [0.3, 0.4) is 0 Å². The molecule has 2 fully saturated rings. The van der Waals surface area contributed by atoms with Gasteiger partial charge in [0.2, 0.25) is 0 Å². The number of nitrogens with zero attached hydrogens (tertiary/aromatic N) is 2. The van der Waals surface area contributed by atoms with Gasteiger partial charge in [-0.05, 0) is 42.2 Å². The molecule has 2 aliphatic rings. The van der Waals surface area contributed by atoms with Crippen molar-refractivity contribution in [3.63, 3.8) is 0 Å². The Morgan fingerprint density at radius 3 is 2.12 bits per heavy atom. The quantitative estimate of drug-likeness (QED) is 0.481. The average molecular weight is 582 g/mol. The number of hydrogen-bond acceptors (Lipinski definition) is 7. The number of fused-ring (bicyclic) bond motifs is 1. The molecule has 0 amide bonds. The number of likely N-dealkylation sites (tertiary alicyclic amines) is 1. The molecular formula is C25H28F6N2O7. The number of carboxylic acids is 2. The number of aromatic nitrogens is 1. The maximum Gasteiger partial charge on any atom is 0.490 e. The van der Waals surface area contributed by atoms with Crippen LogP contribution in [0, 0.1) is 0 Å². The van der Waals surface area contributed by atoms with Crippen molar-refractivity contribution in [1.29, 1.82) is 0 Å². The van der Waals surface area contributed by atoms with Crippen LogP contribution in [0.15, 0.2) is 48.8 Å². The van der Waals surface area contributed by atoms with Gasteiger partial charge in [0.15, 0.2) is 0 Å². The number of alkyl halides is 6. The van der Waals surface area contributed by atoms with Crippen molar-refractivity contribution in [3.8, 4) is 5.75 Å². The van der Waals surface area contributed by atoms with Crippen LogP contribution in [0.5, 0.6) is 5.75 Å². The number of hydrogen-bond donors (Lipinski definition) is 2. The van der Waals surface area contributed by atoms with Gasteiger partial charge in [0.05, 0.1) is 19.8 Å². The third-order valence-corrected chi connectivity index (χ3v) is 5.80. The van der Waals surface area contributed by atoms with Gasteiger partial charge in [-0.25, -0.2) is 9.59 Å². The van der Waals surface area contributed by atoms with Crippen LogP contribution in [-0.2, 0) is 32.2 Å². The van der Waals surface area contributed by atoms with Gasteiger partial charge < -0.3 is 24.4 Å². The van der Waals surface area contributed by atoms with Crippen molar-refractivity contribution in [1.82, 2.24) is 9.88 Å². The molecule has 2 aliphatic heterocycles. The zero-order valence-electron chi connectivity index (χ0n) is 21.2. The number of carboxylic acid groups (broad SMARTS) is 2. The summed E-state index contributed by atoms with van der Waals surface area (Å²) in [7, 11) is 1.70. The second-order valence-corrected chi connectivity index (χ2v) is 8.64. The molecule has 0 aliphatic carbocycles. The van der Waals surface area contributed by atoms with E-state index in [2.05, 4.69) is 28.1 Å². The Hall–Kier alpha value is -3.43. The monoisotopic (exact) mass is 582 g/mol. The highest BCUT2D eigenvalue weighted by molar-refractivity contribution is 5.73. The van der Waals surface area contributed by atoms with Gasteiger partial charge in [-0.1, -0.05) is 18.2 Å². The van der Waals surface area contributed by atoms with E-state index >= 15 is 0 Å². The minimum Gasteiger partial charge on any atom is -0.497 e. The topological polar surface area (TPSA) is 118 Å². The van der Waals surface area contributed by atoms with Gasteiger partial charge in [-0.3, -0.25) is 9.88 Å². The fourth-order valence-corrected chi connectivity index (χ4v) is 3.98. The van der Waals surface area contributed by atoms with Crippen molar-refractivity contribution in [2.75, 3.05) is 20.3 Å². The summed E-state index contributed by atoms with van der Waals surface area (Å²) in [5, 5.41) is 14.2. The van der Waals surface area contributed by atoms with Gasteiger partial charge in [0, 0.05) is 38.1 Å². The SMILES string of the molecule is COc1ccc(CN2C[C@@H](OCc3cccnc3)[C@H]3OCCC[C@@H]32)cc1.O=C(O)C(F)(F)F.O=C(O)C(F)(F)F. The van der Waals surface area contributed by atoms with Crippen LogP contribution in [0.2, 0.25) is 0 Å². The molecule has 9 nitrogen and oxygen atoms in total. The predicted octanol–water partition coefficient (Wildman–Crippen LogP) is 4.31. The highest BCUT2D eigenvalue weighted by Gasteiger charge is 2.44. The van der Waals surface area contributed by atoms with E-state index in [-0.39, 0.29) is 12.2 Å². The molecule has 1 aromatic heterocycles. The largest absolute Gasteiger partial charge is 0.497 e. The smallest absolute Gasteiger partial charge is 0.490 e. The minimum atomic E-state index is -5.08. The Morgan fingerprint density at radius 2 is 1.62 bits per heavy atom. The van der Waals surface area contributed by atoms with Gasteiger partial charge in [-0.15, -0.1) is 0 Å². The number of aliphatic carboxylic acids is 2. The molecule has 1 aromatic carbocycles. The number of rotatable bonds is 6. The maximum atomic E-state index is 10.6. The standard InChI is InChI=1S/C21H26N2O3.2C2HF3O2/c1-24-18-8-6-16(7-9-18)13-23-14-20(21-19(23)5-3-11-25-21)26-15-17-4-2-10-22-12-17;2*3-2(4,5)1(6)7/h2,4,6-10,12,19-21H,3,5,11,13-15H2,1H3;2*(H,6,7)/t19-,20+,21-;;/m0../s1. The minimum absolute atomic E-state index is 0.110. The van der Waals surface area contributed by atoms with Gasteiger partial charge in [0.1, 0.15) is 11.9 Å². The predicted molar refractivity (Wildman–Crippen MR) is 126 cm³/mol. The van der Waals surface area contributed by atoms with Gasteiger partial charge >= 0.3 is 24.3 Å². The lowest BCUT2D eigenvalue weighted by Gasteiger charge is -2.32. The summed E-state index contributed by atoms with van der Waals surface area (Å²) in [5.41, 5.74) is 2.40. The first-order chi connectivity index (χ1) is 18.7. The van der Waals surface area contributed by atoms with Crippen molar-refractivity contribution >= 4 is 11.9 Å². The molecule has 4 rings (SSSR count). The van der Waals surface area contributed by atoms with Crippen LogP contribution in [-0.4, -0.2) is 82.9 Å². The summed E-state index contributed by atoms with van der Waals surface area (Å²) < 4.78 is 81.1. The summed E-state index contributed by atoms with van der Waals surface area (Å²) in [5.74, 6) is -4.62. The molecule has 40 heavy (non-hydrogen) atoms. The fraction of sp³-hybridized carbons (Fsp3) is 0.480. The number of pyridine rings is 1. The molecule has 2 N–H and O–H groups in total. The summed E-state index contributed by atoms with van der Waals surface area (Å²) in [6, 6.07) is 12.8. The molecule has 0 spiro atoms. The van der Waals surface area contributed by atoms with Crippen LogP contribution >= 0.6 is 0 Å². The van der Waals surface area contributed by atoms with E-state index in [1.165, 1.54) is 12.0 Å². The van der Waals surface area contributed by atoms with E-state index in [0.717, 1.165) is 37.4 Å². The third kappa shape index (κ3) is 10.6. The molecule has 0 radical (unpaired) electrons. The van der Waals surface area contributed by atoms with Gasteiger partial charge in [-0.2, -0.15) is 26.3 Å². The third-order valence-electron chi connectivity index (χ3n) is 5.80. The number of carbonyl (C=O) groups is 2. The lowest BCUT2D eigenvalue weighted by molar-refractivity contribution is -0.193. The Bertz CT molecular complexity index is 1040. The first-order valence-electron chi connectivity index (χ1n) is 11.8. The van der Waals surface area contributed by atoms with Crippen molar-refractivity contribution in [2.24, 2.45) is 0 Å². The summed E-state index contributed by atoms with van der Waals surface area (Å²) in [6.45, 7) is 3.24. The zero-order chi connectivity index (χ0) is 29.9. The van der Waals surface area contributed by atoms with E-state index in [1.807, 2.05) is 24.4 Å². The summed E-state index contributed by atoms with van der Waals surface area (Å²) in [4.78, 5) is 24.5. The molecular weight excluding hydrogens is 554 g/mol. The van der Waals surface area contributed by atoms with E-state index in [1.54, 1.807) is 13.3 Å². The normalized spacial score (nSPS) is 20.7. The Kier molecular flexibility index (Phi) is 12.1. The van der Waals surface area contributed by atoms with Crippen molar-refractivity contribution < 1.29 is 60.4 Å². The molecule has 15 heteroatoms. The number of benzene rings is 1. The van der Waals surface area contributed by atoms with Crippen LogP contribution in [0.25, 0.3) is 0 Å². The summed E-state index contributed by atoms with van der Waals surface area (Å²) >= 11 is 0. The zero-order valence-corrected chi connectivity index (χ0v) is 21.2. The molecule has 3 atom stereocenters. The van der Waals surface area contributed by atoms with Crippen LogP contribution in [0.4, 0.5) is 26.3 Å². The lowest BCUT2D eigenvalue weighted by atomic mass is 10.0. The highest BCUT2D eigenvalue weighted by atomic mass is 19.4. The first kappa shape index (κ1) is 32.8. The molecule has 0 bridgehead atoms. The first-order valence-corrected chi connectivity index (χ1v) is 11.8. The van der Waals surface area contributed by atoms with Crippen molar-refractivity contribution in [2.45, 2.75) is 56.6 Å². The molecule has 3 heterocycles. The maximum absolute atomic E-state index is 10.6. The van der Waals surface area contributed by atoms with Gasteiger partial charge in [0.25, 0.3) is 0 Å². The lowest BCUT2D eigenvalue weighted by Crippen LogP contribution is -2.41. The fourth-order valence-electron chi connectivity index (χ4n) is 3.98. The molecule has 2 saturated heterocycles. The molecule has 0 saturated carbocycles. The Morgan fingerprint density at radius 1 is 1.02 bits per heavy atom. The van der Waals surface area contributed by atoms with E-state index in [0.29, 0.717) is 12.6 Å². The number of ether oxygens (including phenoxy) is 3. The summed E-state index contributed by atoms with van der Waals surface area (Å²) in [6.07, 6.45) is -3.94. The second-order valence-electron chi connectivity index (χ2n) is 8.64. The highest BCUT2D eigenvalue weighted by Crippen LogP contribution is 2.32. The Balaban J connectivity index is 0.000000333. The Labute approximate surface area is 225 Å². The van der Waals surface area contributed by atoms with E-state index in [9.17, 15) is 26.3 Å². The molecule has 0 unspecified atom stereocenters.